The van der Waals surface area contributed by atoms with Gasteiger partial charge in [0.15, 0.2) is 0 Å². The van der Waals surface area contributed by atoms with E-state index in [1.807, 2.05) is 0 Å². The topological polar surface area (TPSA) is 186 Å². The molecule has 0 aliphatic carbocycles. The summed E-state index contributed by atoms with van der Waals surface area (Å²) >= 11 is 0. The molecule has 0 fully saturated rings. The van der Waals surface area contributed by atoms with Crippen molar-refractivity contribution in [2.75, 3.05) is 5.73 Å². The zero-order valence-corrected chi connectivity index (χ0v) is 11.8. The molecular weight excluding hydrogens is 349 g/mol. The Morgan fingerprint density at radius 3 is 1.68 bits per heavy atom. The molecule has 2 aromatic carbocycles. The van der Waals surface area contributed by atoms with E-state index in [4.69, 9.17) is 14.8 Å². The SMILES string of the molecule is Nc1cc(S(=O)(=O)O)cc2cc(S(=O)(=O)O)cc(O)c12.O.[NaH]. The Morgan fingerprint density at radius 1 is 0.864 bits per heavy atom. The van der Waals surface area contributed by atoms with Gasteiger partial charge in [-0.3, -0.25) is 9.11 Å². The van der Waals surface area contributed by atoms with E-state index in [2.05, 4.69) is 0 Å². The first-order valence-corrected chi connectivity index (χ1v) is 7.89. The van der Waals surface area contributed by atoms with Crippen LogP contribution in [0.2, 0.25) is 0 Å². The third-order valence-corrected chi connectivity index (χ3v) is 4.26. The summed E-state index contributed by atoms with van der Waals surface area (Å²) in [7, 11) is -9.14. The summed E-state index contributed by atoms with van der Waals surface area (Å²) in [6, 6.07) is 3.55. The van der Waals surface area contributed by atoms with Crippen LogP contribution in [0.4, 0.5) is 5.69 Å². The molecule has 0 aliphatic heterocycles. The number of phenols is 1. The average molecular weight is 361 g/mol. The maximum atomic E-state index is 11.1. The third kappa shape index (κ3) is 4.08. The van der Waals surface area contributed by atoms with Crippen LogP contribution in [0, 0.1) is 0 Å². The number of aromatic hydroxyl groups is 1. The summed E-state index contributed by atoms with van der Waals surface area (Å²) in [5.41, 5.74) is 5.39. The molecule has 2 aromatic rings. The van der Waals surface area contributed by atoms with Crippen molar-refractivity contribution in [3.05, 3.63) is 24.3 Å². The van der Waals surface area contributed by atoms with Crippen molar-refractivity contribution in [3.8, 4) is 5.75 Å². The number of rotatable bonds is 2. The molecule has 0 bridgehead atoms. The van der Waals surface area contributed by atoms with Crippen LogP contribution in [-0.4, -0.2) is 66.1 Å². The first kappa shape index (κ1) is 21.1. The van der Waals surface area contributed by atoms with E-state index in [-0.39, 0.29) is 51.5 Å². The van der Waals surface area contributed by atoms with Crippen LogP contribution >= 0.6 is 0 Å². The number of nitrogens with two attached hydrogens (primary N) is 1. The summed E-state index contributed by atoms with van der Waals surface area (Å²) in [6.07, 6.45) is 0. The Balaban J connectivity index is 0.00000220. The summed E-state index contributed by atoms with van der Waals surface area (Å²) < 4.78 is 62.1. The van der Waals surface area contributed by atoms with Crippen molar-refractivity contribution in [2.24, 2.45) is 0 Å². The minimum atomic E-state index is -4.59. The normalized spacial score (nSPS) is 11.5. The molecule has 2 rings (SSSR count). The Hall–Kier alpha value is -0.920. The van der Waals surface area contributed by atoms with Crippen LogP contribution in [-0.2, 0) is 20.2 Å². The maximum absolute atomic E-state index is 11.1. The first-order valence-electron chi connectivity index (χ1n) is 5.01. The van der Waals surface area contributed by atoms with Crippen LogP contribution in [0.1, 0.15) is 0 Å². The van der Waals surface area contributed by atoms with Gasteiger partial charge >= 0.3 is 29.6 Å². The Labute approximate surface area is 147 Å². The third-order valence-electron chi connectivity index (χ3n) is 2.60. The van der Waals surface area contributed by atoms with Gasteiger partial charge in [-0.1, -0.05) is 0 Å². The molecule has 118 valence electrons. The van der Waals surface area contributed by atoms with Crippen molar-refractivity contribution in [2.45, 2.75) is 9.79 Å². The Bertz CT molecular complexity index is 851. The summed E-state index contributed by atoms with van der Waals surface area (Å²) in [5.74, 6) is -0.547. The molecule has 0 heterocycles. The van der Waals surface area contributed by atoms with Gasteiger partial charge in [0.1, 0.15) is 5.75 Å². The fourth-order valence-electron chi connectivity index (χ4n) is 1.77. The molecule has 22 heavy (non-hydrogen) atoms. The standard InChI is InChI=1S/C10H9NO7S2.Na.H2O.H/c11-8-3-6(19(13,14)15)1-5-2-7(20(16,17)18)4-9(12)10(5)8;;;/h1-4,12H,11H2,(H,13,14,15)(H,16,17,18);;1H2;. The van der Waals surface area contributed by atoms with E-state index in [9.17, 15) is 21.9 Å². The van der Waals surface area contributed by atoms with E-state index < -0.39 is 35.8 Å². The zero-order chi connectivity index (χ0) is 15.3. The molecule has 0 radical (unpaired) electrons. The molecule has 7 N–H and O–H groups in total. The second kappa shape index (κ2) is 6.68. The molecule has 0 unspecified atom stereocenters. The van der Waals surface area contributed by atoms with E-state index in [0.29, 0.717) is 0 Å². The molecule has 0 amide bonds. The second-order valence-corrected chi connectivity index (χ2v) is 6.85. The quantitative estimate of drug-likeness (QED) is 0.302. The number of benzene rings is 2. The van der Waals surface area contributed by atoms with Gasteiger partial charge in [0, 0.05) is 17.1 Å². The molecule has 0 spiro atoms. The summed E-state index contributed by atoms with van der Waals surface area (Å²) in [5, 5.41) is 9.66. The summed E-state index contributed by atoms with van der Waals surface area (Å²) in [6.45, 7) is 0. The van der Waals surface area contributed by atoms with E-state index in [1.54, 1.807) is 0 Å². The van der Waals surface area contributed by atoms with Crippen molar-refractivity contribution in [1.29, 1.82) is 0 Å². The summed E-state index contributed by atoms with van der Waals surface area (Å²) in [4.78, 5) is -1.19. The van der Waals surface area contributed by atoms with Gasteiger partial charge < -0.3 is 16.3 Å². The molecule has 9 nitrogen and oxygen atoms in total. The van der Waals surface area contributed by atoms with Crippen LogP contribution in [0.3, 0.4) is 0 Å². The zero-order valence-electron chi connectivity index (χ0n) is 10.2. The van der Waals surface area contributed by atoms with Crippen molar-refractivity contribution >= 4 is 66.3 Å². The molecule has 0 atom stereocenters. The van der Waals surface area contributed by atoms with Crippen LogP contribution in [0.25, 0.3) is 10.8 Å². The Morgan fingerprint density at radius 2 is 1.27 bits per heavy atom. The van der Waals surface area contributed by atoms with Crippen molar-refractivity contribution < 1.29 is 36.5 Å². The fraction of sp³-hybridized carbons (Fsp3) is 0. The number of fused-ring (bicyclic) bond motifs is 1. The predicted octanol–water partition coefficient (Wildman–Crippen LogP) is -0.852. The van der Waals surface area contributed by atoms with Gasteiger partial charge in [0.05, 0.1) is 9.79 Å². The predicted molar refractivity (Wildman–Crippen MR) is 80.4 cm³/mol. The van der Waals surface area contributed by atoms with Gasteiger partial charge in [-0.2, -0.15) is 16.8 Å². The van der Waals surface area contributed by atoms with Crippen LogP contribution in [0.15, 0.2) is 34.1 Å². The molecule has 0 aliphatic rings. The van der Waals surface area contributed by atoms with E-state index in [1.165, 1.54) is 0 Å². The number of nitrogen functional groups attached to an aromatic ring is 1. The van der Waals surface area contributed by atoms with Gasteiger partial charge in [-0.25, -0.2) is 0 Å². The number of anilines is 1. The number of hydrogen-bond acceptors (Lipinski definition) is 6. The van der Waals surface area contributed by atoms with Crippen molar-refractivity contribution in [1.82, 2.24) is 0 Å². The van der Waals surface area contributed by atoms with E-state index >= 15 is 0 Å². The number of phenolic OH excluding ortho intramolecular Hbond substituents is 1. The number of hydrogen-bond donors (Lipinski definition) is 4. The molecule has 0 saturated heterocycles. The van der Waals surface area contributed by atoms with Gasteiger partial charge in [0.2, 0.25) is 0 Å². The molecule has 12 heteroatoms. The van der Waals surface area contributed by atoms with Crippen LogP contribution in [0.5, 0.6) is 5.75 Å². The second-order valence-electron chi connectivity index (χ2n) is 4.00. The van der Waals surface area contributed by atoms with Gasteiger partial charge in [-0.05, 0) is 23.6 Å². The monoisotopic (exact) mass is 361 g/mol. The van der Waals surface area contributed by atoms with Crippen LogP contribution < -0.4 is 5.73 Å². The molecular formula is C10H12NNaO8S2. The van der Waals surface area contributed by atoms with Gasteiger partial charge in [-0.15, -0.1) is 0 Å². The first-order chi connectivity index (χ1) is 9.00. The van der Waals surface area contributed by atoms with E-state index in [0.717, 1.165) is 24.3 Å². The minimum absolute atomic E-state index is 0. The molecule has 0 saturated carbocycles. The molecule has 0 aromatic heterocycles. The van der Waals surface area contributed by atoms with Crippen molar-refractivity contribution in [3.63, 3.8) is 0 Å². The average Bonchev–Trinajstić information content (AvgIpc) is 2.25. The Kier molecular flexibility index (Phi) is 6.40. The van der Waals surface area contributed by atoms with Gasteiger partial charge in [0.25, 0.3) is 20.2 Å². The fourth-order valence-corrected chi connectivity index (χ4v) is 2.86.